The van der Waals surface area contributed by atoms with E-state index < -0.39 is 10.0 Å². The predicted octanol–water partition coefficient (Wildman–Crippen LogP) is -0.0349. The van der Waals surface area contributed by atoms with E-state index in [0.29, 0.717) is 32.4 Å². The van der Waals surface area contributed by atoms with Crippen molar-refractivity contribution in [3.05, 3.63) is 18.5 Å². The number of nitrogens with zero attached hydrogens (tertiary/aromatic N) is 2. The number of rotatable bonds is 9. The molecule has 6 nitrogen and oxygen atoms in total. The fraction of sp³-hybridized carbons (Fsp3) is 0.700. The number of sulfonamides is 1. The molecule has 0 atom stereocenters. The molecule has 1 aromatic heterocycles. The maximum absolute atomic E-state index is 11.5. The van der Waals surface area contributed by atoms with E-state index in [1.807, 2.05) is 12.3 Å². The van der Waals surface area contributed by atoms with E-state index in [2.05, 4.69) is 9.82 Å². The van der Waals surface area contributed by atoms with Gasteiger partial charge < -0.3 is 5.11 Å². The van der Waals surface area contributed by atoms with Crippen molar-refractivity contribution in [2.75, 3.05) is 18.9 Å². The zero-order valence-electron chi connectivity index (χ0n) is 9.75. The number of aryl methyl sites for hydroxylation is 1. The van der Waals surface area contributed by atoms with Gasteiger partial charge in [-0.3, -0.25) is 4.68 Å². The normalized spacial score (nSPS) is 11.8. The summed E-state index contributed by atoms with van der Waals surface area (Å²) in [5, 5.41) is 12.6. The van der Waals surface area contributed by atoms with Crippen LogP contribution >= 0.6 is 0 Å². The standard InChI is InChI=1S/C10H19N3O3S/c14-9-1-2-10-17(15,16)12-6-4-8-13-7-3-5-11-13/h3,5,7,12,14H,1-2,4,6,8-10H2. The number of hydrogen-bond acceptors (Lipinski definition) is 4. The Hall–Kier alpha value is -0.920. The third-order valence-corrected chi connectivity index (χ3v) is 3.74. The fourth-order valence-corrected chi connectivity index (χ4v) is 2.56. The summed E-state index contributed by atoms with van der Waals surface area (Å²) in [4.78, 5) is 0. The highest BCUT2D eigenvalue weighted by molar-refractivity contribution is 7.89. The van der Waals surface area contributed by atoms with Crippen molar-refractivity contribution in [2.45, 2.75) is 25.8 Å². The number of aromatic nitrogens is 2. The molecule has 0 bridgehead atoms. The van der Waals surface area contributed by atoms with Gasteiger partial charge in [0.1, 0.15) is 0 Å². The minimum absolute atomic E-state index is 0.0365. The highest BCUT2D eigenvalue weighted by Crippen LogP contribution is 1.95. The van der Waals surface area contributed by atoms with Crippen LogP contribution in [0.5, 0.6) is 0 Å². The lowest BCUT2D eigenvalue weighted by atomic mass is 10.4. The maximum Gasteiger partial charge on any atom is 0.211 e. The third-order valence-electron chi connectivity index (χ3n) is 2.27. The SMILES string of the molecule is O=S(=O)(CCCCO)NCCCn1cccn1. The molecule has 0 aromatic carbocycles. The Labute approximate surface area is 102 Å². The number of aliphatic hydroxyl groups excluding tert-OH is 1. The van der Waals surface area contributed by atoms with Crippen molar-refractivity contribution < 1.29 is 13.5 Å². The molecule has 0 unspecified atom stereocenters. The number of unbranched alkanes of at least 4 members (excludes halogenated alkanes) is 1. The molecular formula is C10H19N3O3S. The van der Waals surface area contributed by atoms with Gasteiger partial charge in [0.25, 0.3) is 0 Å². The van der Waals surface area contributed by atoms with Crippen molar-refractivity contribution in [3.63, 3.8) is 0 Å². The molecular weight excluding hydrogens is 242 g/mol. The molecule has 7 heteroatoms. The van der Waals surface area contributed by atoms with Gasteiger partial charge in [0.15, 0.2) is 0 Å². The van der Waals surface area contributed by atoms with Crippen LogP contribution in [0.15, 0.2) is 18.5 Å². The fourth-order valence-electron chi connectivity index (χ4n) is 1.38. The Morgan fingerprint density at radius 3 is 2.76 bits per heavy atom. The smallest absolute Gasteiger partial charge is 0.211 e. The average molecular weight is 261 g/mol. The quantitative estimate of drug-likeness (QED) is 0.611. The second-order valence-electron chi connectivity index (χ2n) is 3.77. The second-order valence-corrected chi connectivity index (χ2v) is 5.69. The van der Waals surface area contributed by atoms with Gasteiger partial charge in [0.05, 0.1) is 5.75 Å². The molecule has 0 amide bonds. The Balaban J connectivity index is 2.12. The van der Waals surface area contributed by atoms with Gasteiger partial charge in [0.2, 0.25) is 10.0 Å². The maximum atomic E-state index is 11.5. The van der Waals surface area contributed by atoms with E-state index in [9.17, 15) is 8.42 Å². The van der Waals surface area contributed by atoms with Gasteiger partial charge in [-0.05, 0) is 25.3 Å². The molecule has 0 radical (unpaired) electrons. The zero-order valence-corrected chi connectivity index (χ0v) is 10.6. The first-order valence-electron chi connectivity index (χ1n) is 5.70. The number of aliphatic hydroxyl groups is 1. The van der Waals surface area contributed by atoms with Gasteiger partial charge in [-0.1, -0.05) is 0 Å². The molecule has 1 rings (SSSR count). The van der Waals surface area contributed by atoms with E-state index >= 15 is 0 Å². The van der Waals surface area contributed by atoms with Crippen LogP contribution in [0.4, 0.5) is 0 Å². The van der Waals surface area contributed by atoms with E-state index in [4.69, 9.17) is 5.11 Å². The first-order valence-corrected chi connectivity index (χ1v) is 7.35. The summed E-state index contributed by atoms with van der Waals surface area (Å²) >= 11 is 0. The van der Waals surface area contributed by atoms with E-state index in [1.54, 1.807) is 10.9 Å². The molecule has 0 spiro atoms. The van der Waals surface area contributed by atoms with Crippen LogP contribution in [0, 0.1) is 0 Å². The Kier molecular flexibility index (Phi) is 6.17. The van der Waals surface area contributed by atoms with Gasteiger partial charge in [0, 0.05) is 32.1 Å². The highest BCUT2D eigenvalue weighted by Gasteiger charge is 2.08. The van der Waals surface area contributed by atoms with Crippen molar-refractivity contribution in [2.24, 2.45) is 0 Å². The van der Waals surface area contributed by atoms with E-state index in [1.165, 1.54) is 0 Å². The summed E-state index contributed by atoms with van der Waals surface area (Å²) in [6, 6.07) is 1.83. The van der Waals surface area contributed by atoms with Crippen molar-refractivity contribution in [3.8, 4) is 0 Å². The van der Waals surface area contributed by atoms with E-state index in [-0.39, 0.29) is 12.4 Å². The van der Waals surface area contributed by atoms with E-state index in [0.717, 1.165) is 0 Å². The molecule has 0 fully saturated rings. The molecule has 0 aliphatic heterocycles. The lowest BCUT2D eigenvalue weighted by Crippen LogP contribution is -2.28. The van der Waals surface area contributed by atoms with Crippen molar-refractivity contribution in [1.82, 2.24) is 14.5 Å². The summed E-state index contributed by atoms with van der Waals surface area (Å²) < 4.78 is 27.2. The molecule has 1 heterocycles. The first-order chi connectivity index (χ1) is 8.14. The minimum Gasteiger partial charge on any atom is -0.396 e. The van der Waals surface area contributed by atoms with Crippen molar-refractivity contribution >= 4 is 10.0 Å². The lowest BCUT2D eigenvalue weighted by molar-refractivity contribution is 0.287. The average Bonchev–Trinajstić information content (AvgIpc) is 2.77. The number of nitrogens with one attached hydrogen (secondary N) is 1. The second kappa shape index (κ2) is 7.41. The van der Waals surface area contributed by atoms with Gasteiger partial charge in [-0.2, -0.15) is 5.10 Å². The summed E-state index contributed by atoms with van der Waals surface area (Å²) in [5.74, 6) is 0.0787. The van der Waals surface area contributed by atoms with Gasteiger partial charge >= 0.3 is 0 Å². The summed E-state index contributed by atoms with van der Waals surface area (Å²) in [5.41, 5.74) is 0. The van der Waals surface area contributed by atoms with Gasteiger partial charge in [-0.25, -0.2) is 13.1 Å². The summed E-state index contributed by atoms with van der Waals surface area (Å²) in [7, 11) is -3.19. The van der Waals surface area contributed by atoms with Crippen LogP contribution in [-0.2, 0) is 16.6 Å². The summed E-state index contributed by atoms with van der Waals surface area (Å²) in [6.07, 6.45) is 5.26. The molecule has 0 aliphatic carbocycles. The Bertz CT molecular complexity index is 389. The molecule has 2 N–H and O–H groups in total. The first kappa shape index (κ1) is 14.1. The lowest BCUT2D eigenvalue weighted by Gasteiger charge is -2.06. The zero-order chi connectivity index (χ0) is 12.6. The molecule has 0 saturated heterocycles. The molecule has 98 valence electrons. The highest BCUT2D eigenvalue weighted by atomic mass is 32.2. The molecule has 0 saturated carbocycles. The van der Waals surface area contributed by atoms with Crippen molar-refractivity contribution in [1.29, 1.82) is 0 Å². The van der Waals surface area contributed by atoms with Crippen LogP contribution in [0.2, 0.25) is 0 Å². The predicted molar refractivity (Wildman–Crippen MR) is 65.0 cm³/mol. The molecule has 17 heavy (non-hydrogen) atoms. The minimum atomic E-state index is -3.19. The Morgan fingerprint density at radius 2 is 2.12 bits per heavy atom. The van der Waals surface area contributed by atoms with Gasteiger partial charge in [-0.15, -0.1) is 0 Å². The largest absolute Gasteiger partial charge is 0.396 e. The molecule has 1 aromatic rings. The Morgan fingerprint density at radius 1 is 1.29 bits per heavy atom. The van der Waals surface area contributed by atoms with Crippen LogP contribution in [0.1, 0.15) is 19.3 Å². The van der Waals surface area contributed by atoms with Crippen LogP contribution in [-0.4, -0.2) is 42.2 Å². The molecule has 0 aliphatic rings. The van der Waals surface area contributed by atoms with Crippen LogP contribution < -0.4 is 4.72 Å². The monoisotopic (exact) mass is 261 g/mol. The summed E-state index contributed by atoms with van der Waals surface area (Å²) in [6.45, 7) is 1.16. The third kappa shape index (κ3) is 6.40. The van der Waals surface area contributed by atoms with Crippen LogP contribution in [0.25, 0.3) is 0 Å². The number of hydrogen-bond donors (Lipinski definition) is 2. The topological polar surface area (TPSA) is 84.2 Å². The van der Waals surface area contributed by atoms with Crippen LogP contribution in [0.3, 0.4) is 0 Å².